The monoisotopic (exact) mass is 424 g/mol. The second kappa shape index (κ2) is 8.76. The van der Waals surface area contributed by atoms with Crippen molar-refractivity contribution in [1.82, 2.24) is 0 Å². The lowest BCUT2D eigenvalue weighted by Crippen LogP contribution is -2.20. The quantitative estimate of drug-likeness (QED) is 0.339. The van der Waals surface area contributed by atoms with E-state index in [4.69, 9.17) is 21.0 Å². The molecule has 0 aliphatic carbocycles. The number of amides is 1. The van der Waals surface area contributed by atoms with Gasteiger partial charge in [-0.25, -0.2) is 13.6 Å². The Kier molecular flexibility index (Phi) is 6.14. The van der Waals surface area contributed by atoms with Crippen LogP contribution in [0.3, 0.4) is 0 Å². The van der Waals surface area contributed by atoms with E-state index < -0.39 is 10.0 Å². The minimum atomic E-state index is -3.86. The van der Waals surface area contributed by atoms with Gasteiger partial charge in [0.2, 0.25) is 10.0 Å². The van der Waals surface area contributed by atoms with Crippen LogP contribution in [0.4, 0.5) is 5.69 Å². The maximum Gasteiger partial charge on any atom is 0.262 e. The topological polar surface area (TPSA) is 148 Å². The fourth-order valence-corrected chi connectivity index (χ4v) is 3.52. The van der Waals surface area contributed by atoms with Gasteiger partial charge in [-0.3, -0.25) is 10.2 Å². The molecule has 0 bridgehead atoms. The zero-order chi connectivity index (χ0) is 21.7. The predicted octanol–water partition coefficient (Wildman–Crippen LogP) is 2.30. The number of nitrogen functional groups attached to an aromatic ring is 1. The van der Waals surface area contributed by atoms with Gasteiger partial charge >= 0.3 is 0 Å². The van der Waals surface area contributed by atoms with Gasteiger partial charge < -0.3 is 15.8 Å². The highest BCUT2D eigenvalue weighted by molar-refractivity contribution is 7.89. The molecule has 0 aliphatic heterocycles. The van der Waals surface area contributed by atoms with Crippen molar-refractivity contribution >= 4 is 27.5 Å². The highest BCUT2D eigenvalue weighted by Gasteiger charge is 2.14. The van der Waals surface area contributed by atoms with Crippen LogP contribution in [-0.2, 0) is 14.8 Å². The molecule has 30 heavy (non-hydrogen) atoms. The largest absolute Gasteiger partial charge is 0.484 e. The molecule has 0 heterocycles. The molecule has 0 saturated heterocycles. The molecule has 9 heteroatoms. The van der Waals surface area contributed by atoms with Gasteiger partial charge in [-0.05, 0) is 48.0 Å². The second-order valence-corrected chi connectivity index (χ2v) is 7.92. The summed E-state index contributed by atoms with van der Waals surface area (Å²) in [4.78, 5) is 12.1. The van der Waals surface area contributed by atoms with Gasteiger partial charge in [0, 0.05) is 16.8 Å². The van der Waals surface area contributed by atoms with Gasteiger partial charge in [-0.1, -0.05) is 30.3 Å². The molecular weight excluding hydrogens is 404 g/mol. The summed E-state index contributed by atoms with van der Waals surface area (Å²) in [5, 5.41) is 15.3. The zero-order valence-electron chi connectivity index (χ0n) is 15.8. The van der Waals surface area contributed by atoms with Crippen LogP contribution in [0.15, 0.2) is 77.7 Å². The Hall–Kier alpha value is -3.69. The van der Waals surface area contributed by atoms with Gasteiger partial charge in [0.1, 0.15) is 11.6 Å². The number of benzene rings is 3. The number of carbonyl (C=O) groups excluding carboxylic acids is 1. The molecular formula is C21H20N4O4S. The van der Waals surface area contributed by atoms with Crippen molar-refractivity contribution in [2.24, 2.45) is 10.9 Å². The molecule has 1 amide bonds. The fourth-order valence-electron chi connectivity index (χ4n) is 2.76. The molecule has 154 valence electrons. The number of rotatable bonds is 7. The van der Waals surface area contributed by atoms with E-state index >= 15 is 0 Å². The first kappa shape index (κ1) is 21.0. The van der Waals surface area contributed by atoms with Crippen molar-refractivity contribution in [2.75, 3.05) is 11.9 Å². The maximum absolute atomic E-state index is 12.1. The Bertz CT molecular complexity index is 1170. The number of hydrogen-bond donors (Lipinski definition) is 4. The average Bonchev–Trinajstić information content (AvgIpc) is 2.72. The van der Waals surface area contributed by atoms with Crippen LogP contribution in [-0.4, -0.2) is 26.8 Å². The molecule has 3 rings (SSSR count). The maximum atomic E-state index is 12.1. The number of hydrogen-bond acceptors (Lipinski definition) is 5. The number of anilines is 1. The average molecular weight is 424 g/mol. The number of carbonyl (C=O) groups is 1. The van der Waals surface area contributed by atoms with Crippen LogP contribution in [0.5, 0.6) is 5.75 Å². The van der Waals surface area contributed by atoms with Crippen LogP contribution in [0.1, 0.15) is 5.56 Å². The van der Waals surface area contributed by atoms with Crippen LogP contribution in [0, 0.1) is 5.41 Å². The Morgan fingerprint density at radius 1 is 0.967 bits per heavy atom. The molecule has 0 radical (unpaired) electrons. The van der Waals surface area contributed by atoms with Crippen LogP contribution in [0.2, 0.25) is 0 Å². The first-order chi connectivity index (χ1) is 14.2. The first-order valence-corrected chi connectivity index (χ1v) is 10.4. The number of nitrogens with two attached hydrogens (primary N) is 2. The van der Waals surface area contributed by atoms with Crippen molar-refractivity contribution in [2.45, 2.75) is 4.90 Å². The van der Waals surface area contributed by atoms with Gasteiger partial charge in [0.25, 0.3) is 5.91 Å². The van der Waals surface area contributed by atoms with Crippen LogP contribution >= 0.6 is 0 Å². The smallest absolute Gasteiger partial charge is 0.262 e. The third kappa shape index (κ3) is 5.22. The fraction of sp³-hybridized carbons (Fsp3) is 0.0476. The summed E-state index contributed by atoms with van der Waals surface area (Å²) in [6.07, 6.45) is 0. The Morgan fingerprint density at radius 2 is 1.60 bits per heavy atom. The number of primary sulfonamides is 1. The summed E-state index contributed by atoms with van der Waals surface area (Å²) in [6, 6.07) is 19.7. The van der Waals surface area contributed by atoms with E-state index in [0.717, 1.165) is 0 Å². The first-order valence-electron chi connectivity index (χ1n) is 8.83. The molecule has 0 unspecified atom stereocenters. The van der Waals surface area contributed by atoms with E-state index in [9.17, 15) is 13.2 Å². The third-order valence-corrected chi connectivity index (χ3v) is 5.18. The van der Waals surface area contributed by atoms with Gasteiger partial charge in [-0.2, -0.15) is 0 Å². The summed E-state index contributed by atoms with van der Waals surface area (Å²) in [5.74, 6) is 0.0721. The highest BCUT2D eigenvalue weighted by Crippen LogP contribution is 2.27. The molecule has 0 aliphatic rings. The van der Waals surface area contributed by atoms with Crippen molar-refractivity contribution in [3.63, 3.8) is 0 Å². The van der Waals surface area contributed by atoms with E-state index in [0.29, 0.717) is 28.1 Å². The van der Waals surface area contributed by atoms with Gasteiger partial charge in [0.15, 0.2) is 6.61 Å². The van der Waals surface area contributed by atoms with Crippen molar-refractivity contribution in [3.05, 3.63) is 78.4 Å². The minimum Gasteiger partial charge on any atom is -0.484 e. The van der Waals surface area contributed by atoms with Crippen molar-refractivity contribution < 1.29 is 17.9 Å². The SMILES string of the molecule is N=C(N)c1ccc(OCC(=O)Nc2ccc(-c3ccccc3S(N)(=O)=O)cc2)cc1. The Morgan fingerprint density at radius 3 is 2.20 bits per heavy atom. The summed E-state index contributed by atoms with van der Waals surface area (Å²) >= 11 is 0. The molecule has 0 atom stereocenters. The van der Waals surface area contributed by atoms with Gasteiger partial charge in [0.05, 0.1) is 4.90 Å². The van der Waals surface area contributed by atoms with E-state index in [2.05, 4.69) is 5.32 Å². The standard InChI is InChI=1S/C21H20N4O4S/c22-21(23)15-7-11-17(12-8-15)29-13-20(26)25-16-9-5-14(6-10-16)18-3-1-2-4-19(18)30(24,27)28/h1-12H,13H2,(H3,22,23)(H,25,26)(H2,24,27,28). The number of ether oxygens (including phenoxy) is 1. The van der Waals surface area contributed by atoms with Crippen LogP contribution < -0.4 is 20.9 Å². The summed E-state index contributed by atoms with van der Waals surface area (Å²) < 4.78 is 29.0. The lowest BCUT2D eigenvalue weighted by atomic mass is 10.1. The molecule has 3 aromatic carbocycles. The van der Waals surface area contributed by atoms with E-state index in [1.54, 1.807) is 66.7 Å². The molecule has 3 aromatic rings. The van der Waals surface area contributed by atoms with Crippen molar-refractivity contribution in [3.8, 4) is 16.9 Å². The number of sulfonamides is 1. The predicted molar refractivity (Wildman–Crippen MR) is 115 cm³/mol. The molecule has 8 nitrogen and oxygen atoms in total. The summed E-state index contributed by atoms with van der Waals surface area (Å²) in [6.45, 7) is -0.199. The minimum absolute atomic E-state index is 0.0333. The molecule has 0 fully saturated rings. The summed E-state index contributed by atoms with van der Waals surface area (Å²) in [7, 11) is -3.86. The molecule has 0 aromatic heterocycles. The molecule has 0 saturated carbocycles. The van der Waals surface area contributed by atoms with E-state index in [1.807, 2.05) is 0 Å². The summed E-state index contributed by atoms with van der Waals surface area (Å²) in [5.41, 5.74) is 7.63. The lowest BCUT2D eigenvalue weighted by Gasteiger charge is -2.10. The highest BCUT2D eigenvalue weighted by atomic mass is 32.2. The molecule has 0 spiro atoms. The Balaban J connectivity index is 1.63. The second-order valence-electron chi connectivity index (χ2n) is 6.39. The van der Waals surface area contributed by atoms with Gasteiger partial charge in [-0.15, -0.1) is 0 Å². The van der Waals surface area contributed by atoms with Crippen molar-refractivity contribution in [1.29, 1.82) is 5.41 Å². The van der Waals surface area contributed by atoms with E-state index in [1.165, 1.54) is 6.07 Å². The number of amidine groups is 1. The molecule has 6 N–H and O–H groups in total. The third-order valence-electron chi connectivity index (χ3n) is 4.21. The van der Waals surface area contributed by atoms with Crippen LogP contribution in [0.25, 0.3) is 11.1 Å². The van der Waals surface area contributed by atoms with E-state index in [-0.39, 0.29) is 23.2 Å². The normalized spacial score (nSPS) is 11.0. The zero-order valence-corrected chi connectivity index (χ0v) is 16.6. The number of nitrogens with one attached hydrogen (secondary N) is 2. The Labute approximate surface area is 174 Å². The lowest BCUT2D eigenvalue weighted by molar-refractivity contribution is -0.118.